The van der Waals surface area contributed by atoms with Gasteiger partial charge in [-0.2, -0.15) is 0 Å². The number of nitrogens with one attached hydrogen (secondary N) is 2. The number of piperazine rings is 1. The lowest BCUT2D eigenvalue weighted by Crippen LogP contribution is -3.12. The summed E-state index contributed by atoms with van der Waals surface area (Å²) in [5.74, 6) is 1.21. The molecule has 0 bridgehead atoms. The monoisotopic (exact) mass is 462 g/mol. The topological polar surface area (TPSA) is 64.5 Å². The number of hydrogen-bond donors (Lipinski definition) is 2. The maximum Gasteiger partial charge on any atom is 0.255 e. The number of nitrogens with zero attached hydrogens (tertiary/aromatic N) is 1. The lowest BCUT2D eigenvalue weighted by molar-refractivity contribution is -0.880. The standard InChI is InChI=1S/C24H32ClN3O4/c1-5-30-21-14-17(15-22(31-6-2)23(21)32-7-3)24(29)26-19-16-18(25)8-9-20(19)28-12-10-27(4)11-13-28/h8-9,14-16H,5-7,10-13H2,1-4H3,(H,26,29)/p+1. The zero-order valence-corrected chi connectivity index (χ0v) is 20.1. The van der Waals surface area contributed by atoms with Gasteiger partial charge in [0.2, 0.25) is 5.75 Å². The quantitative estimate of drug-likeness (QED) is 0.599. The summed E-state index contributed by atoms with van der Waals surface area (Å²) in [6, 6.07) is 9.00. The average molecular weight is 463 g/mol. The van der Waals surface area contributed by atoms with Crippen molar-refractivity contribution in [2.24, 2.45) is 0 Å². The van der Waals surface area contributed by atoms with Gasteiger partial charge < -0.3 is 29.3 Å². The Morgan fingerprint density at radius 2 is 1.59 bits per heavy atom. The van der Waals surface area contributed by atoms with E-state index in [2.05, 4.69) is 17.3 Å². The number of quaternary nitrogens is 1. The Balaban J connectivity index is 1.92. The molecule has 8 heteroatoms. The van der Waals surface area contributed by atoms with Crippen LogP contribution >= 0.6 is 11.6 Å². The Kier molecular flexibility index (Phi) is 8.47. The smallest absolute Gasteiger partial charge is 0.255 e. The second-order valence-electron chi connectivity index (χ2n) is 7.66. The molecule has 0 spiro atoms. The average Bonchev–Trinajstić information content (AvgIpc) is 2.77. The molecule has 0 aromatic heterocycles. The molecular formula is C24H33ClN3O4+. The number of rotatable bonds is 9. The van der Waals surface area contributed by atoms with E-state index in [9.17, 15) is 4.79 Å². The van der Waals surface area contributed by atoms with E-state index in [0.717, 1.165) is 31.9 Å². The predicted molar refractivity (Wildman–Crippen MR) is 128 cm³/mol. The molecule has 174 valence electrons. The Morgan fingerprint density at radius 3 is 2.16 bits per heavy atom. The van der Waals surface area contributed by atoms with E-state index in [-0.39, 0.29) is 5.91 Å². The molecule has 2 N–H and O–H groups in total. The van der Waals surface area contributed by atoms with Crippen LogP contribution in [-0.2, 0) is 0 Å². The maximum atomic E-state index is 13.3. The van der Waals surface area contributed by atoms with Crippen LogP contribution in [-0.4, -0.2) is 59.0 Å². The van der Waals surface area contributed by atoms with E-state index in [1.807, 2.05) is 32.9 Å². The van der Waals surface area contributed by atoms with Crippen LogP contribution in [0.25, 0.3) is 0 Å². The summed E-state index contributed by atoms with van der Waals surface area (Å²) in [6.07, 6.45) is 0. The third kappa shape index (κ3) is 5.78. The number of benzene rings is 2. The molecule has 0 unspecified atom stereocenters. The summed E-state index contributed by atoms with van der Waals surface area (Å²) in [6.45, 7) is 11.0. The van der Waals surface area contributed by atoms with Gasteiger partial charge in [0.25, 0.3) is 5.91 Å². The van der Waals surface area contributed by atoms with Gasteiger partial charge in [0.15, 0.2) is 11.5 Å². The highest BCUT2D eigenvalue weighted by Gasteiger charge is 2.22. The van der Waals surface area contributed by atoms with E-state index >= 15 is 0 Å². The third-order valence-electron chi connectivity index (χ3n) is 5.34. The van der Waals surface area contributed by atoms with Gasteiger partial charge in [-0.05, 0) is 51.1 Å². The van der Waals surface area contributed by atoms with Gasteiger partial charge >= 0.3 is 0 Å². The zero-order valence-electron chi connectivity index (χ0n) is 19.3. The van der Waals surface area contributed by atoms with E-state index < -0.39 is 0 Å². The molecule has 0 saturated carbocycles. The van der Waals surface area contributed by atoms with Crippen LogP contribution in [0.3, 0.4) is 0 Å². The second-order valence-corrected chi connectivity index (χ2v) is 8.10. The summed E-state index contributed by atoms with van der Waals surface area (Å²) in [5.41, 5.74) is 2.08. The van der Waals surface area contributed by atoms with Crippen LogP contribution < -0.4 is 29.3 Å². The predicted octanol–water partition coefficient (Wildman–Crippen LogP) is 3.12. The van der Waals surface area contributed by atoms with Crippen molar-refractivity contribution in [2.75, 3.05) is 63.3 Å². The molecule has 1 amide bonds. The van der Waals surface area contributed by atoms with E-state index in [4.69, 9.17) is 25.8 Å². The first-order chi connectivity index (χ1) is 15.5. The molecule has 1 aliphatic heterocycles. The molecule has 32 heavy (non-hydrogen) atoms. The van der Waals surface area contributed by atoms with Crippen molar-refractivity contribution >= 4 is 28.9 Å². The first kappa shape index (κ1) is 24.0. The number of halogens is 1. The normalized spacial score (nSPS) is 14.2. The molecular weight excluding hydrogens is 430 g/mol. The summed E-state index contributed by atoms with van der Waals surface area (Å²) in [7, 11) is 2.19. The number of carbonyl (C=O) groups is 1. The van der Waals surface area contributed by atoms with Gasteiger partial charge in [-0.1, -0.05) is 11.6 Å². The molecule has 1 fully saturated rings. The number of carbonyl (C=O) groups excluding carboxylic acids is 1. The van der Waals surface area contributed by atoms with Gasteiger partial charge in [0, 0.05) is 10.6 Å². The maximum absolute atomic E-state index is 13.3. The lowest BCUT2D eigenvalue weighted by Gasteiger charge is -2.33. The largest absolute Gasteiger partial charge is 0.490 e. The van der Waals surface area contributed by atoms with Crippen LogP contribution in [0.1, 0.15) is 31.1 Å². The van der Waals surface area contributed by atoms with Crippen LogP contribution in [0.4, 0.5) is 11.4 Å². The number of ether oxygens (including phenoxy) is 3. The summed E-state index contributed by atoms with van der Waals surface area (Å²) < 4.78 is 17.2. The molecule has 3 rings (SSSR count). The second kappa shape index (κ2) is 11.3. The number of amides is 1. The first-order valence-electron chi connectivity index (χ1n) is 11.2. The highest BCUT2D eigenvalue weighted by Crippen LogP contribution is 2.39. The Bertz CT molecular complexity index is 902. The van der Waals surface area contributed by atoms with Gasteiger partial charge in [0.05, 0.1) is 64.4 Å². The zero-order chi connectivity index (χ0) is 23.1. The van der Waals surface area contributed by atoms with Crippen LogP contribution in [0.5, 0.6) is 17.2 Å². The van der Waals surface area contributed by atoms with Crippen LogP contribution in [0.2, 0.25) is 5.02 Å². The van der Waals surface area contributed by atoms with Crippen molar-refractivity contribution in [3.8, 4) is 17.2 Å². The number of anilines is 2. The molecule has 1 saturated heterocycles. The van der Waals surface area contributed by atoms with Gasteiger partial charge in [-0.15, -0.1) is 0 Å². The molecule has 1 heterocycles. The minimum Gasteiger partial charge on any atom is -0.490 e. The Hall–Kier alpha value is -2.64. The molecule has 2 aromatic rings. The van der Waals surface area contributed by atoms with Crippen LogP contribution in [0.15, 0.2) is 30.3 Å². The van der Waals surface area contributed by atoms with E-state index in [1.54, 1.807) is 18.2 Å². The lowest BCUT2D eigenvalue weighted by atomic mass is 10.1. The molecule has 1 aliphatic rings. The van der Waals surface area contributed by atoms with Crippen molar-refractivity contribution in [1.29, 1.82) is 0 Å². The molecule has 2 aromatic carbocycles. The summed E-state index contributed by atoms with van der Waals surface area (Å²) in [4.78, 5) is 17.1. The Morgan fingerprint density at radius 1 is 1.00 bits per heavy atom. The van der Waals surface area contributed by atoms with Crippen molar-refractivity contribution in [3.05, 3.63) is 40.9 Å². The van der Waals surface area contributed by atoms with Crippen molar-refractivity contribution < 1.29 is 23.9 Å². The highest BCUT2D eigenvalue weighted by atomic mass is 35.5. The summed E-state index contributed by atoms with van der Waals surface area (Å²) >= 11 is 6.27. The van der Waals surface area contributed by atoms with E-state index in [1.165, 1.54) is 4.90 Å². The summed E-state index contributed by atoms with van der Waals surface area (Å²) in [5, 5.41) is 3.61. The fourth-order valence-corrected chi connectivity index (χ4v) is 3.90. The molecule has 0 aliphatic carbocycles. The molecule has 0 radical (unpaired) electrons. The van der Waals surface area contributed by atoms with Gasteiger partial charge in [0.1, 0.15) is 0 Å². The van der Waals surface area contributed by atoms with Crippen molar-refractivity contribution in [2.45, 2.75) is 20.8 Å². The van der Waals surface area contributed by atoms with E-state index in [0.29, 0.717) is 53.3 Å². The highest BCUT2D eigenvalue weighted by molar-refractivity contribution is 6.31. The number of hydrogen-bond acceptors (Lipinski definition) is 5. The third-order valence-corrected chi connectivity index (χ3v) is 5.57. The Labute approximate surface area is 195 Å². The number of likely N-dealkylation sites (N-methyl/N-ethyl adjacent to an activating group) is 1. The minimum absolute atomic E-state index is 0.266. The van der Waals surface area contributed by atoms with Crippen molar-refractivity contribution in [3.63, 3.8) is 0 Å². The first-order valence-corrected chi connectivity index (χ1v) is 11.6. The van der Waals surface area contributed by atoms with Crippen molar-refractivity contribution in [1.82, 2.24) is 0 Å². The fraction of sp³-hybridized carbons (Fsp3) is 0.458. The SMILES string of the molecule is CCOc1cc(C(=O)Nc2cc(Cl)ccc2N2CC[NH+](C)CC2)cc(OCC)c1OCC. The minimum atomic E-state index is -0.266. The van der Waals surface area contributed by atoms with Gasteiger partial charge in [-0.3, -0.25) is 4.79 Å². The molecule has 7 nitrogen and oxygen atoms in total. The van der Waals surface area contributed by atoms with Crippen LogP contribution in [0, 0.1) is 0 Å². The molecule has 0 atom stereocenters. The van der Waals surface area contributed by atoms with Gasteiger partial charge in [-0.25, -0.2) is 0 Å². The fourth-order valence-electron chi connectivity index (χ4n) is 3.73.